The third-order valence-electron chi connectivity index (χ3n) is 2.94. The molecule has 3 nitrogen and oxygen atoms in total. The Morgan fingerprint density at radius 1 is 1.05 bits per heavy atom. The van der Waals surface area contributed by atoms with Crippen molar-refractivity contribution >= 4 is 11.0 Å². The fraction of sp³-hybridized carbons (Fsp3) is 0.125. The van der Waals surface area contributed by atoms with Crippen molar-refractivity contribution in [2.24, 2.45) is 0 Å². The lowest BCUT2D eigenvalue weighted by Crippen LogP contribution is -1.92. The van der Waals surface area contributed by atoms with Crippen LogP contribution in [-0.4, -0.2) is 5.11 Å². The lowest BCUT2D eigenvalue weighted by atomic mass is 10.2. The Labute approximate surface area is 111 Å². The summed E-state index contributed by atoms with van der Waals surface area (Å²) < 4.78 is 11.3. The predicted molar refractivity (Wildman–Crippen MR) is 73.4 cm³/mol. The number of rotatable bonds is 3. The highest BCUT2D eigenvalue weighted by Gasteiger charge is 2.04. The van der Waals surface area contributed by atoms with Gasteiger partial charge < -0.3 is 14.3 Å². The largest absolute Gasteiger partial charge is 0.508 e. The first-order valence-electron chi connectivity index (χ1n) is 6.11. The number of hydrogen-bond acceptors (Lipinski definition) is 3. The minimum atomic E-state index is 0.228. The lowest BCUT2D eigenvalue weighted by molar-refractivity contribution is 0.274. The van der Waals surface area contributed by atoms with E-state index in [4.69, 9.17) is 9.15 Å². The maximum Gasteiger partial charge on any atom is 0.146 e. The number of ether oxygens (including phenoxy) is 1. The number of phenolic OH excluding ortho intramolecular Hbond substituents is 1. The van der Waals surface area contributed by atoms with Crippen LogP contribution in [-0.2, 0) is 6.61 Å². The molecule has 0 aliphatic rings. The molecule has 3 aromatic rings. The van der Waals surface area contributed by atoms with Gasteiger partial charge in [-0.1, -0.05) is 11.6 Å². The Balaban J connectivity index is 1.76. The molecule has 0 aliphatic heterocycles. The maximum atomic E-state index is 9.19. The molecule has 0 fully saturated rings. The SMILES string of the molecule is Cc1ccc2oc(COc3ccc(O)cc3)cc2c1. The molecule has 2 aromatic carbocycles. The minimum Gasteiger partial charge on any atom is -0.508 e. The molecule has 3 rings (SSSR count). The third-order valence-corrected chi connectivity index (χ3v) is 2.94. The number of benzene rings is 2. The van der Waals surface area contributed by atoms with Crippen LogP contribution < -0.4 is 4.74 Å². The third kappa shape index (κ3) is 2.55. The van der Waals surface area contributed by atoms with Crippen LogP contribution in [0.1, 0.15) is 11.3 Å². The highest BCUT2D eigenvalue weighted by atomic mass is 16.5. The van der Waals surface area contributed by atoms with Gasteiger partial charge in [0, 0.05) is 5.39 Å². The molecule has 0 amide bonds. The number of aromatic hydroxyl groups is 1. The summed E-state index contributed by atoms with van der Waals surface area (Å²) in [6.45, 7) is 2.43. The highest BCUT2D eigenvalue weighted by Crippen LogP contribution is 2.22. The average Bonchev–Trinajstić information content (AvgIpc) is 2.80. The standard InChI is InChI=1S/C16H14O3/c1-11-2-7-16-12(8-11)9-15(19-16)10-18-14-5-3-13(17)4-6-14/h2-9,17H,10H2,1H3. The zero-order chi connectivity index (χ0) is 13.2. The molecule has 0 saturated heterocycles. The van der Waals surface area contributed by atoms with E-state index in [9.17, 15) is 5.11 Å². The molecular formula is C16H14O3. The van der Waals surface area contributed by atoms with Gasteiger partial charge in [-0.3, -0.25) is 0 Å². The van der Waals surface area contributed by atoms with Gasteiger partial charge in [0.1, 0.15) is 29.4 Å². The average molecular weight is 254 g/mol. The van der Waals surface area contributed by atoms with Crippen molar-refractivity contribution in [3.8, 4) is 11.5 Å². The molecule has 0 atom stereocenters. The number of aryl methyl sites for hydroxylation is 1. The zero-order valence-corrected chi connectivity index (χ0v) is 10.6. The molecule has 0 spiro atoms. The van der Waals surface area contributed by atoms with Gasteiger partial charge >= 0.3 is 0 Å². The second kappa shape index (κ2) is 4.69. The van der Waals surface area contributed by atoms with E-state index in [0.29, 0.717) is 12.4 Å². The van der Waals surface area contributed by atoms with Crippen LogP contribution in [0.3, 0.4) is 0 Å². The molecule has 1 aromatic heterocycles. The zero-order valence-electron chi connectivity index (χ0n) is 10.6. The van der Waals surface area contributed by atoms with Crippen molar-refractivity contribution in [1.29, 1.82) is 0 Å². The monoisotopic (exact) mass is 254 g/mol. The smallest absolute Gasteiger partial charge is 0.146 e. The van der Waals surface area contributed by atoms with Crippen LogP contribution in [0.2, 0.25) is 0 Å². The Hall–Kier alpha value is -2.42. The molecule has 0 unspecified atom stereocenters. The minimum absolute atomic E-state index is 0.228. The summed E-state index contributed by atoms with van der Waals surface area (Å²) in [5.74, 6) is 1.72. The van der Waals surface area contributed by atoms with Crippen LogP contribution in [0.4, 0.5) is 0 Å². The van der Waals surface area contributed by atoms with Crippen LogP contribution in [0.25, 0.3) is 11.0 Å². The van der Waals surface area contributed by atoms with E-state index in [1.807, 2.05) is 18.2 Å². The molecule has 1 heterocycles. The molecule has 3 heteroatoms. The van der Waals surface area contributed by atoms with E-state index < -0.39 is 0 Å². The fourth-order valence-electron chi connectivity index (χ4n) is 1.99. The molecule has 96 valence electrons. The number of fused-ring (bicyclic) bond motifs is 1. The van der Waals surface area contributed by atoms with E-state index in [1.54, 1.807) is 24.3 Å². The first-order chi connectivity index (χ1) is 9.20. The normalized spacial score (nSPS) is 10.8. The molecular weight excluding hydrogens is 240 g/mol. The second-order valence-corrected chi connectivity index (χ2v) is 4.54. The first-order valence-corrected chi connectivity index (χ1v) is 6.11. The maximum absolute atomic E-state index is 9.19. The molecule has 0 aliphatic carbocycles. The second-order valence-electron chi connectivity index (χ2n) is 4.54. The van der Waals surface area contributed by atoms with Gasteiger partial charge in [0.05, 0.1) is 0 Å². The summed E-state index contributed by atoms with van der Waals surface area (Å²) in [5.41, 5.74) is 2.08. The van der Waals surface area contributed by atoms with Gasteiger partial charge in [-0.25, -0.2) is 0 Å². The number of hydrogen-bond donors (Lipinski definition) is 1. The summed E-state index contributed by atoms with van der Waals surface area (Å²) in [6, 6.07) is 14.7. The lowest BCUT2D eigenvalue weighted by Gasteiger charge is -2.03. The quantitative estimate of drug-likeness (QED) is 0.767. The van der Waals surface area contributed by atoms with Crippen LogP contribution in [0, 0.1) is 6.92 Å². The molecule has 0 radical (unpaired) electrons. The first kappa shape index (κ1) is 11.7. The van der Waals surface area contributed by atoms with Gasteiger partial charge in [0.2, 0.25) is 0 Å². The molecule has 19 heavy (non-hydrogen) atoms. The van der Waals surface area contributed by atoms with Crippen LogP contribution in [0.15, 0.2) is 52.9 Å². The van der Waals surface area contributed by atoms with Crippen LogP contribution >= 0.6 is 0 Å². The Bertz CT molecular complexity index is 696. The van der Waals surface area contributed by atoms with Crippen molar-refractivity contribution in [3.05, 3.63) is 59.9 Å². The Morgan fingerprint density at radius 2 is 1.84 bits per heavy atom. The number of phenols is 1. The van der Waals surface area contributed by atoms with E-state index in [1.165, 1.54) is 5.56 Å². The summed E-state index contributed by atoms with van der Waals surface area (Å²) in [5, 5.41) is 10.3. The topological polar surface area (TPSA) is 42.6 Å². The van der Waals surface area contributed by atoms with Crippen molar-refractivity contribution in [2.45, 2.75) is 13.5 Å². The van der Waals surface area contributed by atoms with E-state index in [0.717, 1.165) is 16.7 Å². The van der Waals surface area contributed by atoms with Gasteiger partial charge in [-0.15, -0.1) is 0 Å². The summed E-state index contributed by atoms with van der Waals surface area (Å²) in [7, 11) is 0. The van der Waals surface area contributed by atoms with E-state index in [2.05, 4.69) is 13.0 Å². The fourth-order valence-corrected chi connectivity index (χ4v) is 1.99. The molecule has 0 bridgehead atoms. The van der Waals surface area contributed by atoms with E-state index >= 15 is 0 Å². The summed E-state index contributed by atoms with van der Waals surface area (Å²) >= 11 is 0. The Kier molecular flexibility index (Phi) is 2.88. The molecule has 1 N–H and O–H groups in total. The molecule has 0 saturated carbocycles. The van der Waals surface area contributed by atoms with Crippen molar-refractivity contribution in [3.63, 3.8) is 0 Å². The van der Waals surface area contributed by atoms with Gasteiger partial charge in [-0.2, -0.15) is 0 Å². The van der Waals surface area contributed by atoms with Gasteiger partial charge in [-0.05, 0) is 49.4 Å². The van der Waals surface area contributed by atoms with Crippen molar-refractivity contribution in [2.75, 3.05) is 0 Å². The van der Waals surface area contributed by atoms with Crippen molar-refractivity contribution in [1.82, 2.24) is 0 Å². The summed E-state index contributed by atoms with van der Waals surface area (Å²) in [4.78, 5) is 0. The summed E-state index contributed by atoms with van der Waals surface area (Å²) in [6.07, 6.45) is 0. The highest BCUT2D eigenvalue weighted by molar-refractivity contribution is 5.78. The number of furan rings is 1. The van der Waals surface area contributed by atoms with Gasteiger partial charge in [0.25, 0.3) is 0 Å². The van der Waals surface area contributed by atoms with Gasteiger partial charge in [0.15, 0.2) is 0 Å². The predicted octanol–water partition coefficient (Wildman–Crippen LogP) is 4.03. The van der Waals surface area contributed by atoms with Crippen LogP contribution in [0.5, 0.6) is 11.5 Å². The Morgan fingerprint density at radius 3 is 2.63 bits per heavy atom. The van der Waals surface area contributed by atoms with E-state index in [-0.39, 0.29) is 5.75 Å². The van der Waals surface area contributed by atoms with Crippen molar-refractivity contribution < 1.29 is 14.3 Å².